The van der Waals surface area contributed by atoms with E-state index in [9.17, 15) is 8.42 Å². The molecular formula is C13H12N4O2S. The molecule has 2 rings (SSSR count). The molecule has 7 heteroatoms. The van der Waals surface area contributed by atoms with E-state index in [2.05, 4.69) is 9.71 Å². The van der Waals surface area contributed by atoms with Crippen molar-refractivity contribution in [1.82, 2.24) is 4.98 Å². The Hall–Kier alpha value is -2.59. The van der Waals surface area contributed by atoms with Crippen LogP contribution in [0.3, 0.4) is 0 Å². The van der Waals surface area contributed by atoms with E-state index < -0.39 is 10.0 Å². The van der Waals surface area contributed by atoms with Crippen LogP contribution in [-0.4, -0.2) is 13.4 Å². The van der Waals surface area contributed by atoms with Gasteiger partial charge < -0.3 is 5.73 Å². The van der Waals surface area contributed by atoms with Crippen molar-refractivity contribution in [2.75, 3.05) is 10.5 Å². The first-order valence-corrected chi connectivity index (χ1v) is 7.20. The van der Waals surface area contributed by atoms with Gasteiger partial charge in [0.25, 0.3) is 10.0 Å². The second-order valence-electron chi connectivity index (χ2n) is 4.02. The second-order valence-corrected chi connectivity index (χ2v) is 5.67. The van der Waals surface area contributed by atoms with E-state index >= 15 is 0 Å². The Bertz CT molecular complexity index is 749. The van der Waals surface area contributed by atoms with Crippen LogP contribution in [0.4, 0.5) is 11.5 Å². The third-order valence-corrected chi connectivity index (χ3v) is 4.01. The first-order chi connectivity index (χ1) is 9.53. The summed E-state index contributed by atoms with van der Waals surface area (Å²) in [5, 5.41) is 8.57. The number of nitrogen functional groups attached to an aromatic ring is 1. The number of aromatic nitrogens is 1. The summed E-state index contributed by atoms with van der Waals surface area (Å²) in [6.07, 6.45) is 1.70. The van der Waals surface area contributed by atoms with Gasteiger partial charge in [0, 0.05) is 11.9 Å². The van der Waals surface area contributed by atoms with Gasteiger partial charge in [-0.2, -0.15) is 5.26 Å². The van der Waals surface area contributed by atoms with Crippen molar-refractivity contribution < 1.29 is 8.42 Å². The van der Waals surface area contributed by atoms with E-state index in [0.29, 0.717) is 5.69 Å². The number of sulfonamides is 1. The Morgan fingerprint density at radius 1 is 1.25 bits per heavy atom. The van der Waals surface area contributed by atoms with Crippen LogP contribution in [0.25, 0.3) is 0 Å². The lowest BCUT2D eigenvalue weighted by atomic mass is 10.1. The average Bonchev–Trinajstić information content (AvgIpc) is 2.41. The van der Waals surface area contributed by atoms with Crippen LogP contribution in [0.15, 0.2) is 47.5 Å². The summed E-state index contributed by atoms with van der Waals surface area (Å²) in [5.41, 5.74) is 6.77. The Balaban J connectivity index is 2.25. The van der Waals surface area contributed by atoms with E-state index in [-0.39, 0.29) is 17.1 Å². The van der Waals surface area contributed by atoms with Crippen molar-refractivity contribution in [3.63, 3.8) is 0 Å². The molecule has 0 aliphatic rings. The Kier molecular flexibility index (Phi) is 3.86. The highest BCUT2D eigenvalue weighted by Crippen LogP contribution is 2.19. The number of hydrogen-bond acceptors (Lipinski definition) is 5. The number of rotatable bonds is 4. The number of anilines is 2. The third kappa shape index (κ3) is 3.05. The van der Waals surface area contributed by atoms with Crippen molar-refractivity contribution in [3.05, 3.63) is 48.2 Å². The summed E-state index contributed by atoms with van der Waals surface area (Å²) in [4.78, 5) is 3.68. The number of hydrogen-bond donors (Lipinski definition) is 2. The molecule has 0 bridgehead atoms. The van der Waals surface area contributed by atoms with Crippen LogP contribution in [-0.2, 0) is 16.4 Å². The number of nitriles is 1. The molecule has 0 unspecified atom stereocenters. The van der Waals surface area contributed by atoms with E-state index in [4.69, 9.17) is 11.0 Å². The number of nitrogens with zero attached hydrogens (tertiary/aromatic N) is 2. The molecule has 0 amide bonds. The largest absolute Gasteiger partial charge is 0.383 e. The van der Waals surface area contributed by atoms with Crippen molar-refractivity contribution in [2.45, 2.75) is 11.3 Å². The van der Waals surface area contributed by atoms with Crippen LogP contribution < -0.4 is 10.5 Å². The van der Waals surface area contributed by atoms with Gasteiger partial charge in [0.1, 0.15) is 10.7 Å². The molecule has 1 heterocycles. The van der Waals surface area contributed by atoms with Crippen LogP contribution in [0.5, 0.6) is 0 Å². The van der Waals surface area contributed by atoms with Gasteiger partial charge in [0.15, 0.2) is 0 Å². The van der Waals surface area contributed by atoms with E-state index in [0.717, 1.165) is 5.56 Å². The lowest BCUT2D eigenvalue weighted by Crippen LogP contribution is -2.15. The summed E-state index contributed by atoms with van der Waals surface area (Å²) >= 11 is 0. The van der Waals surface area contributed by atoms with Gasteiger partial charge in [-0.25, -0.2) is 13.4 Å². The minimum atomic E-state index is -3.77. The molecule has 0 spiro atoms. The zero-order chi connectivity index (χ0) is 14.6. The fraction of sp³-hybridized carbons (Fsp3) is 0.0769. The molecule has 0 aliphatic heterocycles. The van der Waals surface area contributed by atoms with Crippen LogP contribution in [0, 0.1) is 11.3 Å². The molecular weight excluding hydrogens is 276 g/mol. The van der Waals surface area contributed by atoms with Crippen molar-refractivity contribution in [3.8, 4) is 6.07 Å². The lowest BCUT2D eigenvalue weighted by Gasteiger charge is -2.09. The number of nitrogens with two attached hydrogens (primary N) is 1. The summed E-state index contributed by atoms with van der Waals surface area (Å²) in [6, 6.07) is 11.5. The van der Waals surface area contributed by atoms with Crippen LogP contribution >= 0.6 is 0 Å². The monoisotopic (exact) mass is 288 g/mol. The molecule has 0 radical (unpaired) electrons. The first kappa shape index (κ1) is 13.8. The Morgan fingerprint density at radius 3 is 2.55 bits per heavy atom. The van der Waals surface area contributed by atoms with Crippen molar-refractivity contribution >= 4 is 21.5 Å². The van der Waals surface area contributed by atoms with Gasteiger partial charge in [-0.15, -0.1) is 0 Å². The van der Waals surface area contributed by atoms with E-state index in [1.165, 1.54) is 18.3 Å². The summed E-state index contributed by atoms with van der Waals surface area (Å²) in [7, 11) is -3.77. The topological polar surface area (TPSA) is 109 Å². The molecule has 0 aliphatic carbocycles. The molecule has 20 heavy (non-hydrogen) atoms. The Morgan fingerprint density at radius 2 is 1.95 bits per heavy atom. The van der Waals surface area contributed by atoms with Crippen LogP contribution in [0.2, 0.25) is 0 Å². The molecule has 0 saturated carbocycles. The highest BCUT2D eigenvalue weighted by Gasteiger charge is 2.17. The summed E-state index contributed by atoms with van der Waals surface area (Å²) in [6.45, 7) is 0. The standard InChI is InChI=1S/C13H12N4O2S/c14-8-7-10-3-5-11(6-4-10)17-20(18,19)12-2-1-9-16-13(12)15/h1-6,9,17H,7H2,(H2,15,16). The molecule has 0 fully saturated rings. The maximum absolute atomic E-state index is 12.1. The summed E-state index contributed by atoms with van der Waals surface area (Å²) < 4.78 is 26.7. The number of benzene rings is 1. The minimum absolute atomic E-state index is 0.0545. The SMILES string of the molecule is N#CCc1ccc(NS(=O)(=O)c2cccnc2N)cc1. The molecule has 1 aromatic heterocycles. The van der Waals surface area contributed by atoms with E-state index in [1.807, 2.05) is 6.07 Å². The molecule has 102 valence electrons. The molecule has 0 saturated heterocycles. The Labute approximate surface area is 116 Å². The van der Waals surface area contributed by atoms with Gasteiger partial charge in [-0.1, -0.05) is 12.1 Å². The third-order valence-electron chi connectivity index (χ3n) is 2.58. The molecule has 3 N–H and O–H groups in total. The maximum atomic E-state index is 12.1. The van der Waals surface area contributed by atoms with Crippen molar-refractivity contribution in [1.29, 1.82) is 5.26 Å². The molecule has 0 atom stereocenters. The van der Waals surface area contributed by atoms with Gasteiger partial charge in [-0.3, -0.25) is 4.72 Å². The number of pyridine rings is 1. The van der Waals surface area contributed by atoms with Gasteiger partial charge in [0.2, 0.25) is 0 Å². The van der Waals surface area contributed by atoms with Gasteiger partial charge in [0.05, 0.1) is 12.5 Å². The predicted molar refractivity (Wildman–Crippen MR) is 75.2 cm³/mol. The first-order valence-electron chi connectivity index (χ1n) is 5.72. The fourth-order valence-corrected chi connectivity index (χ4v) is 2.76. The second kappa shape index (κ2) is 5.59. The lowest BCUT2D eigenvalue weighted by molar-refractivity contribution is 0.601. The number of nitrogens with one attached hydrogen (secondary N) is 1. The van der Waals surface area contributed by atoms with E-state index in [1.54, 1.807) is 24.3 Å². The molecule has 6 nitrogen and oxygen atoms in total. The normalized spacial score (nSPS) is 10.8. The average molecular weight is 288 g/mol. The summed E-state index contributed by atoms with van der Waals surface area (Å²) in [5.74, 6) is -0.0545. The zero-order valence-electron chi connectivity index (χ0n) is 10.4. The minimum Gasteiger partial charge on any atom is -0.383 e. The molecule has 1 aromatic carbocycles. The predicted octanol–water partition coefficient (Wildman–Crippen LogP) is 1.53. The van der Waals surface area contributed by atoms with Crippen LogP contribution in [0.1, 0.15) is 5.56 Å². The molecule has 2 aromatic rings. The maximum Gasteiger partial charge on any atom is 0.265 e. The highest BCUT2D eigenvalue weighted by atomic mass is 32.2. The smallest absolute Gasteiger partial charge is 0.265 e. The van der Waals surface area contributed by atoms with Gasteiger partial charge in [-0.05, 0) is 29.8 Å². The quantitative estimate of drug-likeness (QED) is 0.886. The highest BCUT2D eigenvalue weighted by molar-refractivity contribution is 7.92. The fourth-order valence-electron chi connectivity index (χ4n) is 1.62. The van der Waals surface area contributed by atoms with Gasteiger partial charge >= 0.3 is 0 Å². The van der Waals surface area contributed by atoms with Crippen molar-refractivity contribution in [2.24, 2.45) is 0 Å². The zero-order valence-corrected chi connectivity index (χ0v) is 11.3.